The number of aliphatic imine (C=N–C) groups is 1. The largest absolute Gasteiger partial charge is 0.370 e. The van der Waals surface area contributed by atoms with Crippen molar-refractivity contribution in [2.45, 2.75) is 45.6 Å². The zero-order chi connectivity index (χ0) is 13.0. The molecule has 0 aromatic heterocycles. The van der Waals surface area contributed by atoms with E-state index in [0.29, 0.717) is 11.9 Å². The molecule has 4 heteroatoms. The molecule has 1 heterocycles. The van der Waals surface area contributed by atoms with Crippen molar-refractivity contribution in [2.75, 3.05) is 26.2 Å². The van der Waals surface area contributed by atoms with Gasteiger partial charge in [-0.25, -0.2) is 0 Å². The van der Waals surface area contributed by atoms with E-state index in [1.54, 1.807) is 0 Å². The van der Waals surface area contributed by atoms with E-state index in [1.807, 2.05) is 0 Å². The predicted molar refractivity (Wildman–Crippen MR) is 76.6 cm³/mol. The lowest BCUT2D eigenvalue weighted by molar-refractivity contribution is 0.315. The van der Waals surface area contributed by atoms with E-state index in [1.165, 1.54) is 32.4 Å². The summed E-state index contributed by atoms with van der Waals surface area (Å²) in [6, 6.07) is 0.903. The third-order valence-electron chi connectivity index (χ3n) is 3.93. The molecule has 0 aromatic rings. The van der Waals surface area contributed by atoms with E-state index in [-0.39, 0.29) is 0 Å². The zero-order valence-electron chi connectivity index (χ0n) is 11.9. The Bertz CT molecular complexity index is 284. The standard InChI is InChI=1S/C14H28N4/c1-11(2)5-7-16-14(15)17-9-12-6-8-18(10-12)13-3-4-13/h11-13H,3-10H2,1-2H3,(H3,15,16,17). The predicted octanol–water partition coefficient (Wildman–Crippen LogP) is 1.42. The number of nitrogens with zero attached hydrogens (tertiary/aromatic N) is 2. The second-order valence-electron chi connectivity index (χ2n) is 6.22. The van der Waals surface area contributed by atoms with E-state index in [4.69, 9.17) is 5.73 Å². The number of hydrogen-bond acceptors (Lipinski definition) is 2. The third kappa shape index (κ3) is 4.48. The van der Waals surface area contributed by atoms with Crippen molar-refractivity contribution in [3.8, 4) is 0 Å². The van der Waals surface area contributed by atoms with Crippen molar-refractivity contribution in [1.29, 1.82) is 0 Å². The monoisotopic (exact) mass is 252 g/mol. The van der Waals surface area contributed by atoms with Crippen molar-refractivity contribution >= 4 is 5.96 Å². The van der Waals surface area contributed by atoms with Crippen LogP contribution in [-0.4, -0.2) is 43.1 Å². The summed E-state index contributed by atoms with van der Waals surface area (Å²) in [5.41, 5.74) is 5.87. The summed E-state index contributed by atoms with van der Waals surface area (Å²) in [6.45, 7) is 8.77. The lowest BCUT2D eigenvalue weighted by atomic mass is 10.1. The van der Waals surface area contributed by atoms with Gasteiger partial charge in [0.05, 0.1) is 0 Å². The SMILES string of the molecule is CC(C)CCNC(N)=NCC1CCN(C2CC2)C1. The van der Waals surface area contributed by atoms with Gasteiger partial charge in [0.2, 0.25) is 0 Å². The average Bonchev–Trinajstić information content (AvgIpc) is 3.06. The first-order valence-corrected chi connectivity index (χ1v) is 7.43. The molecule has 0 radical (unpaired) electrons. The number of rotatable bonds is 6. The Balaban J connectivity index is 1.60. The summed E-state index contributed by atoms with van der Waals surface area (Å²) in [7, 11) is 0. The number of nitrogens with two attached hydrogens (primary N) is 1. The lowest BCUT2D eigenvalue weighted by Crippen LogP contribution is -2.33. The normalized spacial score (nSPS) is 25.9. The topological polar surface area (TPSA) is 53.6 Å². The number of guanidine groups is 1. The molecule has 2 rings (SSSR count). The van der Waals surface area contributed by atoms with Crippen molar-refractivity contribution in [3.63, 3.8) is 0 Å². The molecule has 1 aliphatic carbocycles. The minimum Gasteiger partial charge on any atom is -0.370 e. The highest BCUT2D eigenvalue weighted by molar-refractivity contribution is 5.77. The molecular weight excluding hydrogens is 224 g/mol. The van der Waals surface area contributed by atoms with Gasteiger partial charge in [0.15, 0.2) is 5.96 Å². The fourth-order valence-electron chi connectivity index (χ4n) is 2.56. The van der Waals surface area contributed by atoms with Crippen LogP contribution in [0.4, 0.5) is 0 Å². The van der Waals surface area contributed by atoms with Gasteiger partial charge in [-0.1, -0.05) is 13.8 Å². The summed E-state index contributed by atoms with van der Waals surface area (Å²) >= 11 is 0. The average molecular weight is 252 g/mol. The third-order valence-corrected chi connectivity index (χ3v) is 3.93. The summed E-state index contributed by atoms with van der Waals surface area (Å²) in [4.78, 5) is 7.10. The van der Waals surface area contributed by atoms with Gasteiger partial charge in [0, 0.05) is 25.7 Å². The fraction of sp³-hybridized carbons (Fsp3) is 0.929. The Kier molecular flexibility index (Phi) is 4.87. The quantitative estimate of drug-likeness (QED) is 0.555. The number of nitrogens with one attached hydrogen (secondary N) is 1. The van der Waals surface area contributed by atoms with Crippen LogP contribution in [-0.2, 0) is 0 Å². The lowest BCUT2D eigenvalue weighted by Gasteiger charge is -2.14. The van der Waals surface area contributed by atoms with Crippen molar-refractivity contribution in [1.82, 2.24) is 10.2 Å². The molecule has 1 atom stereocenters. The molecule has 0 spiro atoms. The van der Waals surface area contributed by atoms with Crippen molar-refractivity contribution in [3.05, 3.63) is 0 Å². The minimum absolute atomic E-state index is 0.625. The highest BCUT2D eigenvalue weighted by Gasteiger charge is 2.34. The Morgan fingerprint density at radius 3 is 2.83 bits per heavy atom. The molecule has 1 saturated heterocycles. The van der Waals surface area contributed by atoms with Crippen LogP contribution < -0.4 is 11.1 Å². The highest BCUT2D eigenvalue weighted by atomic mass is 15.2. The van der Waals surface area contributed by atoms with Gasteiger partial charge >= 0.3 is 0 Å². The molecule has 0 bridgehead atoms. The zero-order valence-corrected chi connectivity index (χ0v) is 11.9. The molecule has 104 valence electrons. The smallest absolute Gasteiger partial charge is 0.188 e. The van der Waals surface area contributed by atoms with Crippen molar-refractivity contribution in [2.24, 2.45) is 22.6 Å². The molecule has 2 fully saturated rings. The van der Waals surface area contributed by atoms with Gasteiger partial charge < -0.3 is 16.0 Å². The van der Waals surface area contributed by atoms with Crippen molar-refractivity contribution < 1.29 is 0 Å². The molecule has 3 N–H and O–H groups in total. The first kappa shape index (κ1) is 13.7. The van der Waals surface area contributed by atoms with E-state index in [9.17, 15) is 0 Å². The Hall–Kier alpha value is -0.770. The van der Waals surface area contributed by atoms with Crippen LogP contribution in [0.15, 0.2) is 4.99 Å². The molecule has 1 unspecified atom stereocenters. The molecule has 1 aliphatic heterocycles. The molecule has 18 heavy (non-hydrogen) atoms. The Labute approximate surface area is 111 Å². The van der Waals surface area contributed by atoms with Crippen LogP contribution in [0.3, 0.4) is 0 Å². The molecule has 2 aliphatic rings. The van der Waals surface area contributed by atoms with Crippen LogP contribution in [0, 0.1) is 11.8 Å². The fourth-order valence-corrected chi connectivity index (χ4v) is 2.56. The maximum absolute atomic E-state index is 5.87. The van der Waals surface area contributed by atoms with Crippen LogP contribution in [0.25, 0.3) is 0 Å². The van der Waals surface area contributed by atoms with Gasteiger partial charge in [-0.15, -0.1) is 0 Å². The molecule has 0 aromatic carbocycles. The second kappa shape index (κ2) is 6.41. The maximum Gasteiger partial charge on any atom is 0.188 e. The van der Waals surface area contributed by atoms with Crippen LogP contribution in [0.2, 0.25) is 0 Å². The molecule has 4 nitrogen and oxygen atoms in total. The van der Waals surface area contributed by atoms with Crippen LogP contribution in [0.1, 0.15) is 39.5 Å². The minimum atomic E-state index is 0.625. The van der Waals surface area contributed by atoms with Gasteiger partial charge in [0.25, 0.3) is 0 Å². The van der Waals surface area contributed by atoms with E-state index < -0.39 is 0 Å². The Morgan fingerprint density at radius 1 is 1.39 bits per heavy atom. The molecule has 0 amide bonds. The van der Waals surface area contributed by atoms with Crippen LogP contribution >= 0.6 is 0 Å². The van der Waals surface area contributed by atoms with E-state index in [2.05, 4.69) is 29.1 Å². The summed E-state index contributed by atoms with van der Waals surface area (Å²) < 4.78 is 0. The van der Waals surface area contributed by atoms with Gasteiger partial charge in [0.1, 0.15) is 0 Å². The van der Waals surface area contributed by atoms with E-state index >= 15 is 0 Å². The summed E-state index contributed by atoms with van der Waals surface area (Å²) in [5, 5.41) is 3.20. The van der Waals surface area contributed by atoms with Gasteiger partial charge in [-0.2, -0.15) is 0 Å². The second-order valence-corrected chi connectivity index (χ2v) is 6.22. The molecule has 1 saturated carbocycles. The first-order chi connectivity index (χ1) is 8.65. The molecular formula is C14H28N4. The highest BCUT2D eigenvalue weighted by Crippen LogP contribution is 2.31. The Morgan fingerprint density at radius 2 is 2.17 bits per heavy atom. The maximum atomic E-state index is 5.87. The van der Waals surface area contributed by atoms with Crippen LogP contribution in [0.5, 0.6) is 0 Å². The summed E-state index contributed by atoms with van der Waals surface area (Å²) in [6.07, 6.45) is 5.26. The van der Waals surface area contributed by atoms with Gasteiger partial charge in [-0.05, 0) is 44.1 Å². The van der Waals surface area contributed by atoms with E-state index in [0.717, 1.165) is 31.5 Å². The van der Waals surface area contributed by atoms with Gasteiger partial charge in [-0.3, -0.25) is 4.99 Å². The summed E-state index contributed by atoms with van der Waals surface area (Å²) in [5.74, 6) is 2.06. The number of hydrogen-bond donors (Lipinski definition) is 2. The first-order valence-electron chi connectivity index (χ1n) is 7.43. The number of likely N-dealkylation sites (tertiary alicyclic amines) is 1.